The second kappa shape index (κ2) is 3.99. The zero-order valence-corrected chi connectivity index (χ0v) is 9.55. The molecule has 0 spiro atoms. The molecule has 7 heteroatoms. The molecule has 1 aromatic carbocycles. The summed E-state index contributed by atoms with van der Waals surface area (Å²) >= 11 is 0. The Morgan fingerprint density at radius 3 is 2.29 bits per heavy atom. The first-order valence-electron chi connectivity index (χ1n) is 4.95. The molecule has 2 rings (SSSR count). The van der Waals surface area contributed by atoms with E-state index in [9.17, 15) is 21.6 Å². The van der Waals surface area contributed by atoms with Gasteiger partial charge in [0.05, 0.1) is 0 Å². The second-order valence-electron chi connectivity index (χ2n) is 3.80. The molecule has 0 aromatic heterocycles. The van der Waals surface area contributed by atoms with Gasteiger partial charge in [-0.25, -0.2) is 8.42 Å². The van der Waals surface area contributed by atoms with Crippen LogP contribution in [0.3, 0.4) is 0 Å². The molecule has 0 aliphatic carbocycles. The van der Waals surface area contributed by atoms with Gasteiger partial charge in [-0.15, -0.1) is 0 Å². The minimum absolute atomic E-state index is 0.126. The largest absolute Gasteiger partial charge is 0.511 e. The molecule has 0 N–H and O–H groups in total. The number of nitrogens with zero attached hydrogens (tertiary/aromatic N) is 1. The van der Waals surface area contributed by atoms with Gasteiger partial charge in [-0.3, -0.25) is 0 Å². The zero-order valence-electron chi connectivity index (χ0n) is 8.74. The number of benzene rings is 1. The SMILES string of the molecule is O=S(=O)(N1CCc2ccccc2C1)C(F)(F)F. The van der Waals surface area contributed by atoms with Crippen molar-refractivity contribution >= 4 is 10.0 Å². The van der Waals surface area contributed by atoms with Gasteiger partial charge >= 0.3 is 15.5 Å². The average molecular weight is 265 g/mol. The highest BCUT2D eigenvalue weighted by Crippen LogP contribution is 2.30. The lowest BCUT2D eigenvalue weighted by atomic mass is 10.0. The van der Waals surface area contributed by atoms with Crippen molar-refractivity contribution in [1.29, 1.82) is 0 Å². The van der Waals surface area contributed by atoms with Crippen LogP contribution in [0, 0.1) is 0 Å². The van der Waals surface area contributed by atoms with Crippen LogP contribution < -0.4 is 0 Å². The first kappa shape index (κ1) is 12.4. The Labute approximate surface area is 96.9 Å². The Balaban J connectivity index is 2.30. The highest BCUT2D eigenvalue weighted by Gasteiger charge is 2.50. The van der Waals surface area contributed by atoms with Crippen molar-refractivity contribution in [3.8, 4) is 0 Å². The van der Waals surface area contributed by atoms with E-state index in [1.165, 1.54) is 0 Å². The molecule has 0 bridgehead atoms. The van der Waals surface area contributed by atoms with E-state index in [0.717, 1.165) is 5.56 Å². The molecule has 0 atom stereocenters. The van der Waals surface area contributed by atoms with Crippen LogP contribution in [0.2, 0.25) is 0 Å². The number of hydrogen-bond donors (Lipinski definition) is 0. The summed E-state index contributed by atoms with van der Waals surface area (Å²) in [6.07, 6.45) is 0.311. The molecule has 1 heterocycles. The van der Waals surface area contributed by atoms with Crippen molar-refractivity contribution in [2.75, 3.05) is 6.54 Å². The Hall–Kier alpha value is -1.08. The maximum atomic E-state index is 12.4. The third-order valence-electron chi connectivity index (χ3n) is 2.73. The molecule has 3 nitrogen and oxygen atoms in total. The first-order chi connectivity index (χ1) is 7.82. The Bertz CT molecular complexity index is 525. The summed E-state index contributed by atoms with van der Waals surface area (Å²) < 4.78 is 60.0. The van der Waals surface area contributed by atoms with Crippen molar-refractivity contribution in [3.63, 3.8) is 0 Å². The van der Waals surface area contributed by atoms with Crippen LogP contribution in [0.15, 0.2) is 24.3 Å². The molecule has 0 amide bonds. The molecule has 0 saturated heterocycles. The Kier molecular flexibility index (Phi) is 2.90. The number of halogens is 3. The molecule has 1 aromatic rings. The van der Waals surface area contributed by atoms with Gasteiger partial charge in [-0.05, 0) is 17.5 Å². The van der Waals surface area contributed by atoms with Gasteiger partial charge in [0.2, 0.25) is 0 Å². The number of alkyl halides is 3. The highest BCUT2D eigenvalue weighted by molar-refractivity contribution is 7.89. The summed E-state index contributed by atoms with van der Waals surface area (Å²) in [7, 11) is -5.21. The topological polar surface area (TPSA) is 37.4 Å². The molecule has 1 aliphatic heterocycles. The average Bonchev–Trinajstić information content (AvgIpc) is 2.27. The molecular weight excluding hydrogens is 255 g/mol. The summed E-state index contributed by atoms with van der Waals surface area (Å²) in [6.45, 7) is -0.336. The Morgan fingerprint density at radius 2 is 1.71 bits per heavy atom. The van der Waals surface area contributed by atoms with Gasteiger partial charge in [0.1, 0.15) is 0 Å². The van der Waals surface area contributed by atoms with E-state index in [0.29, 0.717) is 16.3 Å². The molecule has 0 radical (unpaired) electrons. The van der Waals surface area contributed by atoms with Gasteiger partial charge in [0.15, 0.2) is 0 Å². The van der Waals surface area contributed by atoms with E-state index in [2.05, 4.69) is 0 Å². The van der Waals surface area contributed by atoms with E-state index < -0.39 is 15.5 Å². The van der Waals surface area contributed by atoms with Crippen LogP contribution >= 0.6 is 0 Å². The summed E-state index contributed by atoms with van der Waals surface area (Å²) in [5, 5.41) is 0. The summed E-state index contributed by atoms with van der Waals surface area (Å²) in [4.78, 5) is 0. The molecule has 0 saturated carbocycles. The Morgan fingerprint density at radius 1 is 1.12 bits per heavy atom. The number of rotatable bonds is 1. The van der Waals surface area contributed by atoms with Crippen LogP contribution in [0.25, 0.3) is 0 Å². The third-order valence-corrected chi connectivity index (χ3v) is 4.30. The summed E-state index contributed by atoms with van der Waals surface area (Å²) in [5.41, 5.74) is -3.69. The lowest BCUT2D eigenvalue weighted by Gasteiger charge is -2.28. The van der Waals surface area contributed by atoms with E-state index in [1.807, 2.05) is 0 Å². The first-order valence-corrected chi connectivity index (χ1v) is 6.39. The molecule has 1 aliphatic rings. The third kappa shape index (κ3) is 2.16. The predicted molar refractivity (Wildman–Crippen MR) is 55.5 cm³/mol. The fraction of sp³-hybridized carbons (Fsp3) is 0.400. The predicted octanol–water partition coefficient (Wildman–Crippen LogP) is 1.89. The lowest BCUT2D eigenvalue weighted by molar-refractivity contribution is -0.0492. The maximum Gasteiger partial charge on any atom is 0.511 e. The number of fused-ring (bicyclic) bond motifs is 1. The van der Waals surface area contributed by atoms with Crippen molar-refractivity contribution in [3.05, 3.63) is 35.4 Å². The van der Waals surface area contributed by atoms with Gasteiger partial charge in [0, 0.05) is 13.1 Å². The minimum Gasteiger partial charge on any atom is -0.203 e. The normalized spacial score (nSPS) is 17.8. The smallest absolute Gasteiger partial charge is 0.203 e. The van der Waals surface area contributed by atoms with Crippen molar-refractivity contribution in [1.82, 2.24) is 4.31 Å². The van der Waals surface area contributed by atoms with Crippen LogP contribution in [-0.4, -0.2) is 24.8 Å². The highest BCUT2D eigenvalue weighted by atomic mass is 32.2. The van der Waals surface area contributed by atoms with E-state index >= 15 is 0 Å². The van der Waals surface area contributed by atoms with Crippen LogP contribution in [-0.2, 0) is 23.0 Å². The standard InChI is InChI=1S/C10H10F3NO2S/c11-10(12,13)17(15,16)14-6-5-8-3-1-2-4-9(8)7-14/h1-4H,5-7H2. The fourth-order valence-electron chi connectivity index (χ4n) is 1.82. The maximum absolute atomic E-state index is 12.4. The van der Waals surface area contributed by atoms with Gasteiger partial charge in [0.25, 0.3) is 0 Å². The monoisotopic (exact) mass is 265 g/mol. The minimum atomic E-state index is -5.22. The molecule has 0 unspecified atom stereocenters. The van der Waals surface area contributed by atoms with E-state index in [-0.39, 0.29) is 13.1 Å². The van der Waals surface area contributed by atoms with Crippen molar-refractivity contribution < 1.29 is 21.6 Å². The van der Waals surface area contributed by atoms with Crippen molar-refractivity contribution in [2.45, 2.75) is 18.5 Å². The quantitative estimate of drug-likeness (QED) is 0.777. The summed E-state index contributed by atoms with van der Waals surface area (Å²) in [6, 6.07) is 6.91. The van der Waals surface area contributed by atoms with Crippen LogP contribution in [0.4, 0.5) is 13.2 Å². The zero-order chi connectivity index (χ0) is 12.7. The van der Waals surface area contributed by atoms with Crippen LogP contribution in [0.1, 0.15) is 11.1 Å². The van der Waals surface area contributed by atoms with Gasteiger partial charge < -0.3 is 0 Å². The van der Waals surface area contributed by atoms with Crippen molar-refractivity contribution in [2.24, 2.45) is 0 Å². The van der Waals surface area contributed by atoms with E-state index in [4.69, 9.17) is 0 Å². The molecular formula is C10H10F3NO2S. The number of hydrogen-bond acceptors (Lipinski definition) is 2. The molecule has 0 fully saturated rings. The number of sulfonamides is 1. The second-order valence-corrected chi connectivity index (χ2v) is 5.73. The molecule has 17 heavy (non-hydrogen) atoms. The van der Waals surface area contributed by atoms with Gasteiger partial charge in [-0.2, -0.15) is 17.5 Å². The van der Waals surface area contributed by atoms with Crippen LogP contribution in [0.5, 0.6) is 0 Å². The molecule has 94 valence electrons. The lowest BCUT2D eigenvalue weighted by Crippen LogP contribution is -2.43. The fourth-order valence-corrected chi connectivity index (χ4v) is 2.75. The summed E-state index contributed by atoms with van der Waals surface area (Å²) in [5.74, 6) is 0. The van der Waals surface area contributed by atoms with E-state index in [1.54, 1.807) is 24.3 Å². The van der Waals surface area contributed by atoms with Gasteiger partial charge in [-0.1, -0.05) is 24.3 Å².